The van der Waals surface area contributed by atoms with Crippen LogP contribution >= 0.6 is 11.6 Å². The van der Waals surface area contributed by atoms with E-state index in [2.05, 4.69) is 11.1 Å². The summed E-state index contributed by atoms with van der Waals surface area (Å²) in [5, 5.41) is 19.1. The normalized spacial score (nSPS) is 10.5. The summed E-state index contributed by atoms with van der Waals surface area (Å²) in [7, 11) is 0. The molecule has 0 aliphatic heterocycles. The quantitative estimate of drug-likeness (QED) is 0.837. The van der Waals surface area contributed by atoms with Crippen LogP contribution in [0.15, 0.2) is 30.5 Å². The lowest BCUT2D eigenvalue weighted by Crippen LogP contribution is -1.99. The van der Waals surface area contributed by atoms with Crippen molar-refractivity contribution in [2.45, 2.75) is 19.8 Å². The molecule has 0 saturated carbocycles. The van der Waals surface area contributed by atoms with E-state index in [1.165, 1.54) is 0 Å². The van der Waals surface area contributed by atoms with Gasteiger partial charge in [0.2, 0.25) is 0 Å². The molecule has 19 heavy (non-hydrogen) atoms. The number of phenols is 1. The molecule has 0 saturated heterocycles. The van der Waals surface area contributed by atoms with Gasteiger partial charge in [-0.3, -0.25) is 0 Å². The number of pyridine rings is 1. The van der Waals surface area contributed by atoms with Gasteiger partial charge < -0.3 is 5.11 Å². The Bertz CT molecular complexity index is 660. The van der Waals surface area contributed by atoms with Crippen molar-refractivity contribution in [2.75, 3.05) is 0 Å². The molecule has 0 amide bonds. The highest BCUT2D eigenvalue weighted by Gasteiger charge is 2.17. The molecule has 1 aromatic carbocycles. The fourth-order valence-electron chi connectivity index (χ4n) is 2.01. The van der Waals surface area contributed by atoms with Gasteiger partial charge in [-0.25, -0.2) is 4.98 Å². The molecule has 2 aromatic rings. The molecule has 1 aromatic heterocycles. The summed E-state index contributed by atoms with van der Waals surface area (Å²) in [5.41, 5.74) is 2.79. The smallest absolute Gasteiger partial charge is 0.147 e. The van der Waals surface area contributed by atoms with Gasteiger partial charge in [-0.2, -0.15) is 5.26 Å². The van der Waals surface area contributed by atoms with Crippen LogP contribution in [0.25, 0.3) is 11.1 Å². The highest BCUT2D eigenvalue weighted by Crippen LogP contribution is 2.35. The number of benzene rings is 1. The molecule has 0 bridgehead atoms. The van der Waals surface area contributed by atoms with Crippen LogP contribution in [-0.2, 0) is 0 Å². The molecule has 1 heterocycles. The van der Waals surface area contributed by atoms with Crippen LogP contribution in [0.4, 0.5) is 0 Å². The number of nitrogens with zero attached hydrogens (tertiary/aromatic N) is 2. The van der Waals surface area contributed by atoms with Crippen LogP contribution in [0.1, 0.15) is 30.9 Å². The van der Waals surface area contributed by atoms with E-state index in [1.807, 2.05) is 19.9 Å². The minimum atomic E-state index is 0.157. The topological polar surface area (TPSA) is 56.9 Å². The summed E-state index contributed by atoms with van der Waals surface area (Å²) in [6, 6.07) is 8.90. The summed E-state index contributed by atoms with van der Waals surface area (Å²) < 4.78 is 0. The van der Waals surface area contributed by atoms with Crippen molar-refractivity contribution in [3.8, 4) is 22.9 Å². The highest BCUT2D eigenvalue weighted by molar-refractivity contribution is 6.31. The first kappa shape index (κ1) is 13.4. The maximum Gasteiger partial charge on any atom is 0.147 e. The Morgan fingerprint density at radius 2 is 2.11 bits per heavy atom. The zero-order valence-electron chi connectivity index (χ0n) is 10.7. The standard InChI is InChI=1S/C15H13ClN2O/c1-9(2)13-8-18-15(16)12(7-17)14(13)10-4-3-5-11(19)6-10/h3-6,8-9,19H,1-2H3. The number of nitriles is 1. The maximum absolute atomic E-state index is 9.61. The second-order valence-corrected chi connectivity index (χ2v) is 4.93. The Morgan fingerprint density at radius 1 is 1.37 bits per heavy atom. The fraction of sp³-hybridized carbons (Fsp3) is 0.200. The predicted molar refractivity (Wildman–Crippen MR) is 75.2 cm³/mol. The first-order chi connectivity index (χ1) is 9.04. The third-order valence-electron chi connectivity index (χ3n) is 2.93. The van der Waals surface area contributed by atoms with Crippen LogP contribution in [0.2, 0.25) is 5.15 Å². The van der Waals surface area contributed by atoms with Crippen molar-refractivity contribution in [3.05, 3.63) is 46.7 Å². The maximum atomic E-state index is 9.61. The van der Waals surface area contributed by atoms with Gasteiger partial charge in [0.25, 0.3) is 0 Å². The van der Waals surface area contributed by atoms with Gasteiger partial charge in [0.05, 0.1) is 5.56 Å². The molecule has 0 unspecified atom stereocenters. The first-order valence-corrected chi connectivity index (χ1v) is 6.30. The number of rotatable bonds is 2. The average Bonchev–Trinajstić information content (AvgIpc) is 2.37. The minimum absolute atomic E-state index is 0.157. The third kappa shape index (κ3) is 2.54. The molecule has 0 fully saturated rings. The van der Waals surface area contributed by atoms with E-state index in [0.717, 1.165) is 16.7 Å². The molecule has 0 aliphatic rings. The summed E-state index contributed by atoms with van der Waals surface area (Å²) >= 11 is 6.00. The van der Waals surface area contributed by atoms with Crippen LogP contribution in [0.3, 0.4) is 0 Å². The summed E-state index contributed by atoms with van der Waals surface area (Å²) in [6.45, 7) is 4.05. The Balaban J connectivity index is 2.80. The number of hydrogen-bond acceptors (Lipinski definition) is 3. The molecule has 3 nitrogen and oxygen atoms in total. The third-order valence-corrected chi connectivity index (χ3v) is 3.22. The summed E-state index contributed by atoms with van der Waals surface area (Å²) in [4.78, 5) is 4.06. The van der Waals surface area contributed by atoms with Gasteiger partial charge in [0.15, 0.2) is 0 Å². The number of phenolic OH excluding ortho intramolecular Hbond substituents is 1. The monoisotopic (exact) mass is 272 g/mol. The molecule has 0 spiro atoms. The largest absolute Gasteiger partial charge is 0.508 e. The molecule has 0 aliphatic carbocycles. The molecule has 0 radical (unpaired) electrons. The number of halogens is 1. The fourth-order valence-corrected chi connectivity index (χ4v) is 2.20. The lowest BCUT2D eigenvalue weighted by molar-refractivity contribution is 0.475. The van der Waals surface area contributed by atoms with Gasteiger partial charge in [0, 0.05) is 11.8 Å². The highest BCUT2D eigenvalue weighted by atomic mass is 35.5. The van der Waals surface area contributed by atoms with Gasteiger partial charge in [-0.05, 0) is 29.2 Å². The predicted octanol–water partition coefficient (Wildman–Crippen LogP) is 4.10. The molecular formula is C15H13ClN2O. The van der Waals surface area contributed by atoms with Crippen molar-refractivity contribution < 1.29 is 5.11 Å². The molecular weight excluding hydrogens is 260 g/mol. The van der Waals surface area contributed by atoms with E-state index in [4.69, 9.17) is 11.6 Å². The number of aromatic hydroxyl groups is 1. The van der Waals surface area contributed by atoms with Crippen LogP contribution in [0, 0.1) is 11.3 Å². The molecule has 4 heteroatoms. The lowest BCUT2D eigenvalue weighted by Gasteiger charge is -2.15. The van der Waals surface area contributed by atoms with E-state index < -0.39 is 0 Å². The Hall–Kier alpha value is -2.05. The molecule has 0 atom stereocenters. The SMILES string of the molecule is CC(C)c1cnc(Cl)c(C#N)c1-c1cccc(O)c1. The van der Waals surface area contributed by atoms with E-state index in [1.54, 1.807) is 24.4 Å². The average molecular weight is 273 g/mol. The minimum Gasteiger partial charge on any atom is -0.508 e. The van der Waals surface area contributed by atoms with Crippen molar-refractivity contribution in [2.24, 2.45) is 0 Å². The van der Waals surface area contributed by atoms with Crippen LogP contribution in [-0.4, -0.2) is 10.1 Å². The van der Waals surface area contributed by atoms with Gasteiger partial charge in [-0.15, -0.1) is 0 Å². The molecule has 1 N–H and O–H groups in total. The Kier molecular flexibility index (Phi) is 3.73. The van der Waals surface area contributed by atoms with Crippen molar-refractivity contribution in [1.82, 2.24) is 4.98 Å². The molecule has 96 valence electrons. The Morgan fingerprint density at radius 3 is 2.68 bits per heavy atom. The van der Waals surface area contributed by atoms with Gasteiger partial charge >= 0.3 is 0 Å². The van der Waals surface area contributed by atoms with Crippen molar-refractivity contribution in [3.63, 3.8) is 0 Å². The second-order valence-electron chi connectivity index (χ2n) is 4.57. The Labute approximate surface area is 117 Å². The van der Waals surface area contributed by atoms with Crippen LogP contribution in [0.5, 0.6) is 5.75 Å². The zero-order chi connectivity index (χ0) is 14.0. The second kappa shape index (κ2) is 5.29. The van der Waals surface area contributed by atoms with E-state index in [0.29, 0.717) is 5.56 Å². The van der Waals surface area contributed by atoms with E-state index >= 15 is 0 Å². The van der Waals surface area contributed by atoms with Crippen molar-refractivity contribution >= 4 is 11.6 Å². The summed E-state index contributed by atoms with van der Waals surface area (Å²) in [5.74, 6) is 0.359. The number of hydrogen-bond donors (Lipinski definition) is 1. The van der Waals surface area contributed by atoms with E-state index in [9.17, 15) is 10.4 Å². The lowest BCUT2D eigenvalue weighted by atomic mass is 9.91. The molecule has 2 rings (SSSR count). The van der Waals surface area contributed by atoms with E-state index in [-0.39, 0.29) is 16.8 Å². The van der Waals surface area contributed by atoms with Gasteiger partial charge in [-0.1, -0.05) is 37.6 Å². The van der Waals surface area contributed by atoms with Gasteiger partial charge in [0.1, 0.15) is 17.0 Å². The first-order valence-electron chi connectivity index (χ1n) is 5.92. The summed E-state index contributed by atoms with van der Waals surface area (Å²) in [6.07, 6.45) is 1.69. The van der Waals surface area contributed by atoms with Crippen LogP contribution < -0.4 is 0 Å². The zero-order valence-corrected chi connectivity index (χ0v) is 11.4. The van der Waals surface area contributed by atoms with Crippen molar-refractivity contribution in [1.29, 1.82) is 5.26 Å². The number of aromatic nitrogens is 1.